The summed E-state index contributed by atoms with van der Waals surface area (Å²) in [5.41, 5.74) is 0.473. The molecule has 0 heterocycles. The fourth-order valence-corrected chi connectivity index (χ4v) is 2.43. The molecule has 1 amide bonds. The first kappa shape index (κ1) is 15.6. The van der Waals surface area contributed by atoms with Crippen molar-refractivity contribution in [2.45, 2.75) is 6.92 Å². The zero-order valence-corrected chi connectivity index (χ0v) is 12.6. The predicted molar refractivity (Wildman–Crippen MR) is 77.8 cm³/mol. The third-order valence-electron chi connectivity index (χ3n) is 2.94. The van der Waals surface area contributed by atoms with E-state index in [9.17, 15) is 18.0 Å². The summed E-state index contributed by atoms with van der Waals surface area (Å²) >= 11 is 3.12. The van der Waals surface area contributed by atoms with Gasteiger partial charge in [0, 0.05) is 22.8 Å². The lowest BCUT2D eigenvalue weighted by atomic mass is 10.1. The molecule has 0 atom stereocenters. The van der Waals surface area contributed by atoms with Crippen LogP contribution in [0.5, 0.6) is 0 Å². The molecule has 0 aliphatic carbocycles. The first-order chi connectivity index (χ1) is 9.93. The van der Waals surface area contributed by atoms with E-state index in [4.69, 9.17) is 0 Å². The van der Waals surface area contributed by atoms with Crippen LogP contribution in [0, 0.1) is 17.5 Å². The number of amides is 1. The first-order valence-corrected chi connectivity index (χ1v) is 6.95. The van der Waals surface area contributed by atoms with Crippen LogP contribution in [0.2, 0.25) is 0 Å². The van der Waals surface area contributed by atoms with Crippen molar-refractivity contribution in [2.24, 2.45) is 0 Å². The molecular weight excluding hydrogens is 347 g/mol. The van der Waals surface area contributed by atoms with Gasteiger partial charge in [-0.3, -0.25) is 4.79 Å². The van der Waals surface area contributed by atoms with Crippen molar-refractivity contribution in [3.63, 3.8) is 0 Å². The van der Waals surface area contributed by atoms with Gasteiger partial charge in [0.05, 0.1) is 5.56 Å². The number of rotatable bonds is 3. The minimum atomic E-state index is -1.03. The lowest BCUT2D eigenvalue weighted by Crippen LogP contribution is -2.31. The molecule has 2 aromatic rings. The fraction of sp³-hybridized carbons (Fsp3) is 0.133. The van der Waals surface area contributed by atoms with Crippen molar-refractivity contribution in [1.29, 1.82) is 0 Å². The van der Waals surface area contributed by atoms with Gasteiger partial charge in [-0.05, 0) is 53.2 Å². The smallest absolute Gasteiger partial charge is 0.259 e. The second-order valence-corrected chi connectivity index (χ2v) is 5.13. The number of halogens is 4. The number of hydrogen-bond acceptors (Lipinski definition) is 1. The van der Waals surface area contributed by atoms with Gasteiger partial charge in [0.15, 0.2) is 11.6 Å². The Bertz CT molecular complexity index is 691. The van der Waals surface area contributed by atoms with E-state index in [0.717, 1.165) is 18.2 Å². The average molecular weight is 358 g/mol. The van der Waals surface area contributed by atoms with Crippen molar-refractivity contribution in [3.8, 4) is 0 Å². The molecule has 110 valence electrons. The van der Waals surface area contributed by atoms with Gasteiger partial charge in [-0.2, -0.15) is 0 Å². The number of hydrogen-bond donors (Lipinski definition) is 0. The monoisotopic (exact) mass is 357 g/mol. The van der Waals surface area contributed by atoms with Crippen LogP contribution in [0.3, 0.4) is 0 Å². The molecule has 0 spiro atoms. The quantitative estimate of drug-likeness (QED) is 0.789. The molecule has 0 saturated heterocycles. The van der Waals surface area contributed by atoms with Crippen molar-refractivity contribution in [3.05, 3.63) is 63.9 Å². The van der Waals surface area contributed by atoms with E-state index in [1.165, 1.54) is 23.1 Å². The Labute approximate surface area is 128 Å². The molecule has 0 unspecified atom stereocenters. The first-order valence-electron chi connectivity index (χ1n) is 6.16. The van der Waals surface area contributed by atoms with Crippen LogP contribution >= 0.6 is 15.9 Å². The minimum absolute atomic E-state index is 0.234. The average Bonchev–Trinajstić information content (AvgIpc) is 2.43. The van der Waals surface area contributed by atoms with Gasteiger partial charge >= 0.3 is 0 Å². The third-order valence-corrected chi connectivity index (χ3v) is 3.59. The predicted octanol–water partition coefficient (Wildman–Crippen LogP) is 4.53. The molecule has 0 bridgehead atoms. The lowest BCUT2D eigenvalue weighted by molar-refractivity contribution is 0.0987. The lowest BCUT2D eigenvalue weighted by Gasteiger charge is -2.22. The summed E-state index contributed by atoms with van der Waals surface area (Å²) in [7, 11) is 0. The summed E-state index contributed by atoms with van der Waals surface area (Å²) < 4.78 is 39.6. The Morgan fingerprint density at radius 3 is 2.38 bits per heavy atom. The number of carbonyl (C=O) groups is 1. The highest BCUT2D eigenvalue weighted by Crippen LogP contribution is 2.24. The Kier molecular flexibility index (Phi) is 4.67. The van der Waals surface area contributed by atoms with Gasteiger partial charge in [-0.15, -0.1) is 0 Å². The van der Waals surface area contributed by atoms with Crippen LogP contribution in [0.15, 0.2) is 40.9 Å². The SMILES string of the molecule is CCN(C(=O)c1ccc(F)cc1Br)c1ccc(F)c(F)c1. The van der Waals surface area contributed by atoms with E-state index < -0.39 is 23.4 Å². The summed E-state index contributed by atoms with van der Waals surface area (Å²) in [4.78, 5) is 13.7. The van der Waals surface area contributed by atoms with E-state index in [-0.39, 0.29) is 17.8 Å². The van der Waals surface area contributed by atoms with Gasteiger partial charge in [0.1, 0.15) is 5.82 Å². The highest BCUT2D eigenvalue weighted by Gasteiger charge is 2.20. The third kappa shape index (κ3) is 3.26. The van der Waals surface area contributed by atoms with E-state index in [0.29, 0.717) is 4.47 Å². The van der Waals surface area contributed by atoms with Crippen LogP contribution in [-0.4, -0.2) is 12.5 Å². The van der Waals surface area contributed by atoms with Crippen molar-refractivity contribution >= 4 is 27.5 Å². The van der Waals surface area contributed by atoms with Crippen LogP contribution in [0.1, 0.15) is 17.3 Å². The zero-order chi connectivity index (χ0) is 15.6. The molecular formula is C15H11BrF3NO. The molecule has 2 aromatic carbocycles. The molecule has 21 heavy (non-hydrogen) atoms. The van der Waals surface area contributed by atoms with Crippen LogP contribution < -0.4 is 4.90 Å². The largest absolute Gasteiger partial charge is 0.309 e. The molecule has 0 saturated carbocycles. The van der Waals surface area contributed by atoms with Gasteiger partial charge in [-0.25, -0.2) is 13.2 Å². The van der Waals surface area contributed by atoms with E-state index >= 15 is 0 Å². The number of anilines is 1. The Morgan fingerprint density at radius 1 is 1.10 bits per heavy atom. The number of carbonyl (C=O) groups excluding carboxylic acids is 1. The van der Waals surface area contributed by atoms with Crippen molar-refractivity contribution < 1.29 is 18.0 Å². The van der Waals surface area contributed by atoms with Crippen molar-refractivity contribution in [1.82, 2.24) is 0 Å². The Hall–Kier alpha value is -1.82. The summed E-state index contributed by atoms with van der Waals surface area (Å²) in [6.07, 6.45) is 0. The number of nitrogens with zero attached hydrogens (tertiary/aromatic N) is 1. The molecule has 0 aliphatic rings. The van der Waals surface area contributed by atoms with E-state index in [1.807, 2.05) is 0 Å². The molecule has 6 heteroatoms. The molecule has 0 fully saturated rings. The van der Waals surface area contributed by atoms with E-state index in [1.54, 1.807) is 6.92 Å². The highest BCUT2D eigenvalue weighted by molar-refractivity contribution is 9.10. The summed E-state index contributed by atoms with van der Waals surface area (Å²) in [5.74, 6) is -2.92. The van der Waals surface area contributed by atoms with Crippen LogP contribution in [0.4, 0.5) is 18.9 Å². The topological polar surface area (TPSA) is 20.3 Å². The fourth-order valence-electron chi connectivity index (χ4n) is 1.90. The standard InChI is InChI=1S/C15H11BrF3NO/c1-2-20(10-4-6-13(18)14(19)8-10)15(21)11-5-3-9(17)7-12(11)16/h3-8H,2H2,1H3. The van der Waals surface area contributed by atoms with Gasteiger partial charge in [0.2, 0.25) is 0 Å². The molecule has 2 nitrogen and oxygen atoms in total. The molecule has 0 aromatic heterocycles. The highest BCUT2D eigenvalue weighted by atomic mass is 79.9. The zero-order valence-electron chi connectivity index (χ0n) is 11.0. The number of benzene rings is 2. The maximum absolute atomic E-state index is 13.3. The normalized spacial score (nSPS) is 10.5. The van der Waals surface area contributed by atoms with E-state index in [2.05, 4.69) is 15.9 Å². The molecule has 0 radical (unpaired) electrons. The second kappa shape index (κ2) is 6.30. The van der Waals surface area contributed by atoms with Gasteiger partial charge < -0.3 is 4.90 Å². The Morgan fingerprint density at radius 2 is 1.81 bits per heavy atom. The summed E-state index contributed by atoms with van der Waals surface area (Å²) in [6, 6.07) is 6.90. The summed E-state index contributed by atoms with van der Waals surface area (Å²) in [6.45, 7) is 1.96. The van der Waals surface area contributed by atoms with Crippen LogP contribution in [0.25, 0.3) is 0 Å². The Balaban J connectivity index is 2.40. The molecule has 0 N–H and O–H groups in total. The maximum Gasteiger partial charge on any atom is 0.259 e. The van der Waals surface area contributed by atoms with Crippen LogP contribution in [-0.2, 0) is 0 Å². The van der Waals surface area contributed by atoms with Gasteiger partial charge in [0.25, 0.3) is 5.91 Å². The maximum atomic E-state index is 13.3. The molecule has 2 rings (SSSR count). The minimum Gasteiger partial charge on any atom is -0.309 e. The second-order valence-electron chi connectivity index (χ2n) is 4.27. The van der Waals surface area contributed by atoms with Crippen molar-refractivity contribution in [2.75, 3.05) is 11.4 Å². The molecule has 0 aliphatic heterocycles. The summed E-state index contributed by atoms with van der Waals surface area (Å²) in [5, 5.41) is 0. The van der Waals surface area contributed by atoms with Gasteiger partial charge in [-0.1, -0.05) is 0 Å².